The number of hydrogen-bond acceptors (Lipinski definition) is 3. The molecule has 4 atom stereocenters. The van der Waals surface area contributed by atoms with Crippen LogP contribution in [0.15, 0.2) is 0 Å². The number of fused-ring (bicyclic) bond motifs is 1. The van der Waals surface area contributed by atoms with Gasteiger partial charge in [0, 0.05) is 30.7 Å². The van der Waals surface area contributed by atoms with Gasteiger partial charge in [0.2, 0.25) is 0 Å². The summed E-state index contributed by atoms with van der Waals surface area (Å²) in [6, 6.07) is 3.42. The number of likely N-dealkylation sites (tertiary alicyclic amines) is 1. The molecule has 0 amide bonds. The summed E-state index contributed by atoms with van der Waals surface area (Å²) >= 11 is 0. The van der Waals surface area contributed by atoms with Crippen LogP contribution in [0, 0.1) is 0 Å². The molecule has 4 aliphatic heterocycles. The number of nitrogens with one attached hydrogen (secondary N) is 1. The molecule has 4 rings (SSSR count). The van der Waals surface area contributed by atoms with Gasteiger partial charge >= 0.3 is 0 Å². The Morgan fingerprint density at radius 3 is 2.35 bits per heavy atom. The average molecular weight is 277 g/mol. The lowest BCUT2D eigenvalue weighted by Gasteiger charge is -2.46. The van der Waals surface area contributed by atoms with Crippen molar-refractivity contribution in [1.29, 1.82) is 0 Å². The van der Waals surface area contributed by atoms with Crippen LogP contribution in [0.5, 0.6) is 0 Å². The van der Waals surface area contributed by atoms with E-state index in [9.17, 15) is 0 Å². The molecule has 4 unspecified atom stereocenters. The highest BCUT2D eigenvalue weighted by atomic mass is 15.3. The molecule has 0 radical (unpaired) electrons. The SMILES string of the molecule is C1CNC(C2CCCCN2C2CCN3CCCCC23)C1. The highest BCUT2D eigenvalue weighted by Crippen LogP contribution is 2.35. The predicted molar refractivity (Wildman–Crippen MR) is 83.0 cm³/mol. The van der Waals surface area contributed by atoms with E-state index in [1.54, 1.807) is 0 Å². The fourth-order valence-corrected chi connectivity index (χ4v) is 5.47. The van der Waals surface area contributed by atoms with Crippen molar-refractivity contribution in [2.24, 2.45) is 0 Å². The first-order chi connectivity index (χ1) is 9.93. The lowest BCUT2D eigenvalue weighted by Crippen LogP contribution is -2.57. The highest BCUT2D eigenvalue weighted by molar-refractivity contribution is 5.00. The van der Waals surface area contributed by atoms with Gasteiger partial charge in [-0.05, 0) is 64.6 Å². The molecule has 20 heavy (non-hydrogen) atoms. The Labute approximate surface area is 124 Å². The van der Waals surface area contributed by atoms with Crippen LogP contribution in [0.25, 0.3) is 0 Å². The van der Waals surface area contributed by atoms with Crippen molar-refractivity contribution >= 4 is 0 Å². The maximum Gasteiger partial charge on any atom is 0.0267 e. The van der Waals surface area contributed by atoms with Crippen LogP contribution in [0.4, 0.5) is 0 Å². The molecule has 4 fully saturated rings. The van der Waals surface area contributed by atoms with Gasteiger partial charge in [-0.2, -0.15) is 0 Å². The van der Waals surface area contributed by atoms with Crippen molar-refractivity contribution in [2.75, 3.05) is 26.2 Å². The molecule has 0 aromatic carbocycles. The number of hydrogen-bond donors (Lipinski definition) is 1. The zero-order chi connectivity index (χ0) is 13.4. The second-order valence-corrected chi connectivity index (χ2v) is 7.46. The lowest BCUT2D eigenvalue weighted by atomic mass is 9.89. The van der Waals surface area contributed by atoms with Crippen LogP contribution in [0.1, 0.15) is 57.8 Å². The molecule has 114 valence electrons. The molecular weight excluding hydrogens is 246 g/mol. The van der Waals surface area contributed by atoms with Crippen LogP contribution in [0.2, 0.25) is 0 Å². The van der Waals surface area contributed by atoms with E-state index in [0.717, 1.165) is 24.2 Å². The van der Waals surface area contributed by atoms with Gasteiger partial charge in [-0.15, -0.1) is 0 Å². The molecule has 0 spiro atoms. The number of piperidine rings is 2. The molecule has 3 nitrogen and oxygen atoms in total. The third-order valence-corrected chi connectivity index (χ3v) is 6.40. The van der Waals surface area contributed by atoms with Crippen molar-refractivity contribution in [2.45, 2.75) is 82.0 Å². The molecule has 0 bridgehead atoms. The summed E-state index contributed by atoms with van der Waals surface area (Å²) in [7, 11) is 0. The Hall–Kier alpha value is -0.120. The molecule has 4 heterocycles. The van der Waals surface area contributed by atoms with E-state index in [1.165, 1.54) is 84.0 Å². The lowest BCUT2D eigenvalue weighted by molar-refractivity contribution is 0.0431. The van der Waals surface area contributed by atoms with E-state index in [2.05, 4.69) is 15.1 Å². The van der Waals surface area contributed by atoms with Gasteiger partial charge in [0.1, 0.15) is 0 Å². The minimum absolute atomic E-state index is 0.799. The Morgan fingerprint density at radius 1 is 0.650 bits per heavy atom. The molecule has 0 aromatic rings. The third kappa shape index (κ3) is 2.42. The Morgan fingerprint density at radius 2 is 1.50 bits per heavy atom. The van der Waals surface area contributed by atoms with Gasteiger partial charge in [0.15, 0.2) is 0 Å². The topological polar surface area (TPSA) is 18.5 Å². The quantitative estimate of drug-likeness (QED) is 0.835. The van der Waals surface area contributed by atoms with E-state index in [-0.39, 0.29) is 0 Å². The van der Waals surface area contributed by atoms with Crippen molar-refractivity contribution in [3.05, 3.63) is 0 Å². The first kappa shape index (κ1) is 13.5. The monoisotopic (exact) mass is 277 g/mol. The molecule has 3 heteroatoms. The average Bonchev–Trinajstić information content (AvgIpc) is 3.17. The second kappa shape index (κ2) is 5.94. The van der Waals surface area contributed by atoms with Crippen LogP contribution in [-0.2, 0) is 0 Å². The van der Waals surface area contributed by atoms with Gasteiger partial charge in [0.25, 0.3) is 0 Å². The summed E-state index contributed by atoms with van der Waals surface area (Å²) in [5, 5.41) is 3.80. The molecule has 4 aliphatic rings. The standard InChI is InChI=1S/C17H31N3/c1-3-11-19-13-9-17(16(19)8-1)20-12-4-2-7-15(20)14-6-5-10-18-14/h14-18H,1-13H2. The van der Waals surface area contributed by atoms with Gasteiger partial charge in [-0.25, -0.2) is 0 Å². The number of rotatable bonds is 2. The molecule has 0 aliphatic carbocycles. The van der Waals surface area contributed by atoms with Crippen molar-refractivity contribution in [1.82, 2.24) is 15.1 Å². The van der Waals surface area contributed by atoms with E-state index >= 15 is 0 Å². The van der Waals surface area contributed by atoms with Crippen LogP contribution < -0.4 is 5.32 Å². The number of nitrogens with zero attached hydrogens (tertiary/aromatic N) is 2. The van der Waals surface area contributed by atoms with Crippen LogP contribution >= 0.6 is 0 Å². The zero-order valence-electron chi connectivity index (χ0n) is 12.9. The largest absolute Gasteiger partial charge is 0.312 e. The van der Waals surface area contributed by atoms with E-state index in [4.69, 9.17) is 0 Å². The van der Waals surface area contributed by atoms with Gasteiger partial charge < -0.3 is 5.32 Å². The summed E-state index contributed by atoms with van der Waals surface area (Å²) < 4.78 is 0. The normalized spacial score (nSPS) is 43.8. The second-order valence-electron chi connectivity index (χ2n) is 7.46. The predicted octanol–water partition coefficient (Wildman–Crippen LogP) is 2.22. The first-order valence-electron chi connectivity index (χ1n) is 9.17. The smallest absolute Gasteiger partial charge is 0.0267 e. The van der Waals surface area contributed by atoms with Crippen molar-refractivity contribution in [3.8, 4) is 0 Å². The summed E-state index contributed by atoms with van der Waals surface area (Å²) in [5.74, 6) is 0. The summed E-state index contributed by atoms with van der Waals surface area (Å²) in [4.78, 5) is 5.77. The molecule has 1 N–H and O–H groups in total. The maximum atomic E-state index is 3.80. The summed E-state index contributed by atoms with van der Waals surface area (Å²) in [5.41, 5.74) is 0. The van der Waals surface area contributed by atoms with Crippen molar-refractivity contribution in [3.63, 3.8) is 0 Å². The molecule has 0 saturated carbocycles. The van der Waals surface area contributed by atoms with E-state index in [1.807, 2.05) is 0 Å². The Bertz CT molecular complexity index is 326. The fraction of sp³-hybridized carbons (Fsp3) is 1.00. The Balaban J connectivity index is 1.49. The van der Waals surface area contributed by atoms with E-state index in [0.29, 0.717) is 0 Å². The maximum absolute atomic E-state index is 3.80. The van der Waals surface area contributed by atoms with Gasteiger partial charge in [0.05, 0.1) is 0 Å². The van der Waals surface area contributed by atoms with Crippen LogP contribution in [-0.4, -0.2) is 60.1 Å². The van der Waals surface area contributed by atoms with Gasteiger partial charge in [-0.3, -0.25) is 9.80 Å². The first-order valence-corrected chi connectivity index (χ1v) is 9.17. The Kier molecular flexibility index (Phi) is 4.02. The third-order valence-electron chi connectivity index (χ3n) is 6.40. The molecular formula is C17H31N3. The minimum Gasteiger partial charge on any atom is -0.312 e. The van der Waals surface area contributed by atoms with Crippen molar-refractivity contribution < 1.29 is 0 Å². The zero-order valence-corrected chi connectivity index (χ0v) is 12.9. The summed E-state index contributed by atoms with van der Waals surface area (Å²) in [6.07, 6.45) is 13.0. The van der Waals surface area contributed by atoms with E-state index < -0.39 is 0 Å². The minimum atomic E-state index is 0.799. The fourth-order valence-electron chi connectivity index (χ4n) is 5.47. The van der Waals surface area contributed by atoms with Gasteiger partial charge in [-0.1, -0.05) is 12.8 Å². The molecule has 0 aromatic heterocycles. The summed E-state index contributed by atoms with van der Waals surface area (Å²) in [6.45, 7) is 5.38. The highest BCUT2D eigenvalue weighted by Gasteiger charge is 2.43. The molecule has 4 saturated heterocycles. The van der Waals surface area contributed by atoms with Crippen LogP contribution in [0.3, 0.4) is 0 Å².